The van der Waals surface area contributed by atoms with E-state index < -0.39 is 8.07 Å². The van der Waals surface area contributed by atoms with E-state index in [1.54, 1.807) is 0 Å². The third kappa shape index (κ3) is 2.68. The molecule has 1 saturated heterocycles. The van der Waals surface area contributed by atoms with Gasteiger partial charge in [0.05, 0.1) is 18.6 Å². The molecule has 1 fully saturated rings. The van der Waals surface area contributed by atoms with Crippen molar-refractivity contribution in [3.63, 3.8) is 0 Å². The Morgan fingerprint density at radius 3 is 2.09 bits per heavy atom. The Hall–Kier alpha value is -0.263. The van der Waals surface area contributed by atoms with Crippen LogP contribution in [0.15, 0.2) is 0 Å². The maximum Gasteiger partial charge on any atom is 0.129 e. The molecule has 0 radical (unpaired) electrons. The molecule has 1 aliphatic heterocycles. The van der Waals surface area contributed by atoms with Gasteiger partial charge in [-0.15, -0.1) is 5.54 Å². The zero-order valence-corrected chi connectivity index (χ0v) is 8.82. The molecule has 0 N–H and O–H groups in total. The van der Waals surface area contributed by atoms with Crippen LogP contribution in [0, 0.1) is 16.9 Å². The molecule has 0 aromatic heterocycles. The Bertz CT molecular complexity index is 200. The Kier molecular flexibility index (Phi) is 2.13. The average Bonchev–Trinajstić information content (AvgIpc) is 1.77. The smallest absolute Gasteiger partial charge is 0.129 e. The van der Waals surface area contributed by atoms with Crippen molar-refractivity contribution in [2.75, 3.05) is 13.2 Å². The molecule has 0 atom stereocenters. The highest BCUT2D eigenvalue weighted by atomic mass is 28.3. The van der Waals surface area contributed by atoms with Gasteiger partial charge in [0, 0.05) is 0 Å². The quantitative estimate of drug-likeness (QED) is 0.396. The molecule has 0 bridgehead atoms. The average molecular weight is 168 g/mol. The van der Waals surface area contributed by atoms with Crippen LogP contribution in [0.25, 0.3) is 0 Å². The lowest BCUT2D eigenvalue weighted by Crippen LogP contribution is -2.38. The van der Waals surface area contributed by atoms with E-state index in [0.717, 1.165) is 13.2 Å². The lowest BCUT2D eigenvalue weighted by atomic mass is 9.90. The van der Waals surface area contributed by atoms with Crippen molar-refractivity contribution in [1.82, 2.24) is 0 Å². The SMILES string of the molecule is CC1(C#C[Si](C)(C)C)COC1. The normalized spacial score (nSPS) is 21.5. The predicted molar refractivity (Wildman–Crippen MR) is 50.0 cm³/mol. The van der Waals surface area contributed by atoms with Crippen LogP contribution in [-0.4, -0.2) is 21.3 Å². The van der Waals surface area contributed by atoms with Crippen LogP contribution in [-0.2, 0) is 4.74 Å². The highest BCUT2D eigenvalue weighted by Crippen LogP contribution is 2.25. The summed E-state index contributed by atoms with van der Waals surface area (Å²) in [6.07, 6.45) is 0. The molecular weight excluding hydrogens is 152 g/mol. The summed E-state index contributed by atoms with van der Waals surface area (Å²) in [7, 11) is -1.17. The summed E-state index contributed by atoms with van der Waals surface area (Å²) in [5, 5.41) is 0. The van der Waals surface area contributed by atoms with Gasteiger partial charge in [0.1, 0.15) is 8.07 Å². The van der Waals surface area contributed by atoms with Crippen molar-refractivity contribution in [2.45, 2.75) is 26.6 Å². The molecule has 0 aliphatic carbocycles. The first-order valence-electron chi connectivity index (χ1n) is 4.03. The molecule has 1 aliphatic rings. The molecule has 62 valence electrons. The lowest BCUT2D eigenvalue weighted by Gasteiger charge is -2.33. The number of hydrogen-bond donors (Lipinski definition) is 0. The van der Waals surface area contributed by atoms with Crippen LogP contribution in [0.5, 0.6) is 0 Å². The summed E-state index contributed by atoms with van der Waals surface area (Å²) >= 11 is 0. The van der Waals surface area contributed by atoms with Gasteiger partial charge >= 0.3 is 0 Å². The molecule has 2 heteroatoms. The van der Waals surface area contributed by atoms with E-state index in [9.17, 15) is 0 Å². The fourth-order valence-corrected chi connectivity index (χ4v) is 1.50. The first-order chi connectivity index (χ1) is 4.91. The van der Waals surface area contributed by atoms with Gasteiger partial charge in [0.2, 0.25) is 0 Å². The van der Waals surface area contributed by atoms with Gasteiger partial charge in [-0.25, -0.2) is 0 Å². The summed E-state index contributed by atoms with van der Waals surface area (Å²) in [4.78, 5) is 0. The first-order valence-corrected chi connectivity index (χ1v) is 7.53. The van der Waals surface area contributed by atoms with E-state index in [1.165, 1.54) is 0 Å². The van der Waals surface area contributed by atoms with E-state index in [-0.39, 0.29) is 5.41 Å². The van der Waals surface area contributed by atoms with Gasteiger partial charge in [-0.1, -0.05) is 25.6 Å². The summed E-state index contributed by atoms with van der Waals surface area (Å²) < 4.78 is 5.12. The largest absolute Gasteiger partial charge is 0.378 e. The minimum Gasteiger partial charge on any atom is -0.378 e. The maximum absolute atomic E-state index is 5.12. The van der Waals surface area contributed by atoms with Gasteiger partial charge in [-0.3, -0.25) is 0 Å². The molecule has 0 amide bonds. The Morgan fingerprint density at radius 1 is 1.27 bits per heavy atom. The third-order valence-electron chi connectivity index (χ3n) is 1.58. The standard InChI is InChI=1S/C9H16OSi/c1-9(7-10-8-9)5-6-11(2,3)4/h7-8H2,1-4H3. The molecule has 11 heavy (non-hydrogen) atoms. The summed E-state index contributed by atoms with van der Waals surface area (Å²) in [6.45, 7) is 10.6. The molecule has 0 aromatic carbocycles. The van der Waals surface area contributed by atoms with Gasteiger partial charge in [-0.05, 0) is 6.92 Å². The van der Waals surface area contributed by atoms with Crippen molar-refractivity contribution in [3.8, 4) is 11.5 Å². The van der Waals surface area contributed by atoms with Gasteiger partial charge in [-0.2, -0.15) is 0 Å². The van der Waals surface area contributed by atoms with Crippen molar-refractivity contribution in [2.24, 2.45) is 5.41 Å². The molecule has 1 nitrogen and oxygen atoms in total. The fourth-order valence-electron chi connectivity index (χ4n) is 0.819. The van der Waals surface area contributed by atoms with Crippen molar-refractivity contribution in [3.05, 3.63) is 0 Å². The van der Waals surface area contributed by atoms with E-state index in [2.05, 4.69) is 38.0 Å². The molecule has 0 saturated carbocycles. The molecule has 0 aromatic rings. The second-order valence-corrected chi connectivity index (χ2v) is 9.30. The van der Waals surface area contributed by atoms with E-state index in [4.69, 9.17) is 4.74 Å². The third-order valence-corrected chi connectivity index (χ3v) is 2.46. The van der Waals surface area contributed by atoms with Crippen LogP contribution in [0.2, 0.25) is 19.6 Å². The van der Waals surface area contributed by atoms with Crippen molar-refractivity contribution < 1.29 is 4.74 Å². The molecule has 0 unspecified atom stereocenters. The topological polar surface area (TPSA) is 9.23 Å². The highest BCUT2D eigenvalue weighted by molar-refractivity contribution is 6.83. The van der Waals surface area contributed by atoms with Gasteiger partial charge < -0.3 is 4.74 Å². The first kappa shape index (κ1) is 8.83. The summed E-state index contributed by atoms with van der Waals surface area (Å²) in [5.74, 6) is 3.32. The van der Waals surface area contributed by atoms with Crippen molar-refractivity contribution in [1.29, 1.82) is 0 Å². The Labute approximate surface area is 70.1 Å². The Morgan fingerprint density at radius 2 is 1.82 bits per heavy atom. The van der Waals surface area contributed by atoms with Crippen LogP contribution in [0.4, 0.5) is 0 Å². The minimum absolute atomic E-state index is 0.181. The molecule has 1 rings (SSSR count). The monoisotopic (exact) mass is 168 g/mol. The second-order valence-electron chi connectivity index (χ2n) is 4.55. The maximum atomic E-state index is 5.12. The number of hydrogen-bond acceptors (Lipinski definition) is 1. The van der Waals surface area contributed by atoms with E-state index >= 15 is 0 Å². The van der Waals surface area contributed by atoms with Crippen LogP contribution >= 0.6 is 0 Å². The van der Waals surface area contributed by atoms with Crippen LogP contribution < -0.4 is 0 Å². The van der Waals surface area contributed by atoms with Crippen molar-refractivity contribution >= 4 is 8.07 Å². The molecule has 1 heterocycles. The second kappa shape index (κ2) is 2.65. The Balaban J connectivity index is 2.56. The predicted octanol–water partition coefficient (Wildman–Crippen LogP) is 1.90. The fraction of sp³-hybridized carbons (Fsp3) is 0.778. The number of rotatable bonds is 0. The lowest BCUT2D eigenvalue weighted by molar-refractivity contribution is -0.0647. The summed E-state index contributed by atoms with van der Waals surface area (Å²) in [6, 6.07) is 0. The van der Waals surface area contributed by atoms with Crippen LogP contribution in [0.3, 0.4) is 0 Å². The highest BCUT2D eigenvalue weighted by Gasteiger charge is 2.31. The number of ether oxygens (including phenoxy) is 1. The summed E-state index contributed by atoms with van der Waals surface area (Å²) in [5.41, 5.74) is 3.55. The van der Waals surface area contributed by atoms with E-state index in [0.29, 0.717) is 0 Å². The van der Waals surface area contributed by atoms with Gasteiger partial charge in [0.25, 0.3) is 0 Å². The van der Waals surface area contributed by atoms with Gasteiger partial charge in [0.15, 0.2) is 0 Å². The molecular formula is C9H16OSi. The minimum atomic E-state index is -1.17. The van der Waals surface area contributed by atoms with E-state index in [1.807, 2.05) is 0 Å². The zero-order valence-electron chi connectivity index (χ0n) is 7.82. The van der Waals surface area contributed by atoms with Crippen LogP contribution in [0.1, 0.15) is 6.92 Å². The molecule has 0 spiro atoms. The zero-order chi connectivity index (χ0) is 8.54.